The van der Waals surface area contributed by atoms with Gasteiger partial charge < -0.3 is 19.7 Å². The van der Waals surface area contributed by atoms with Crippen molar-refractivity contribution in [2.24, 2.45) is 13.0 Å². The number of allylic oxidation sites excluding steroid dienone is 2. The molecule has 0 bridgehead atoms. The van der Waals surface area contributed by atoms with E-state index in [-0.39, 0.29) is 53.9 Å². The van der Waals surface area contributed by atoms with Crippen LogP contribution in [0.2, 0.25) is 5.02 Å². The number of anilines is 1. The molecule has 21 nitrogen and oxygen atoms in total. The van der Waals surface area contributed by atoms with Crippen LogP contribution in [0.4, 0.5) is 40.9 Å². The molecular weight excluding hydrogens is 1210 g/mol. The van der Waals surface area contributed by atoms with E-state index < -0.39 is 173 Å². The topological polar surface area (TPSA) is 280 Å². The molecular formula is C53H49ClF8N9O12PS. The van der Waals surface area contributed by atoms with Gasteiger partial charge in [-0.1, -0.05) is 43.7 Å². The number of alkyl halides is 6. The van der Waals surface area contributed by atoms with Gasteiger partial charge in [-0.05, 0) is 66.9 Å². The van der Waals surface area contributed by atoms with Crippen LogP contribution in [0.15, 0.2) is 71.5 Å². The average Bonchev–Trinajstić information content (AvgIpc) is 1.58. The maximum Gasteiger partial charge on any atom is 0.524 e. The quantitative estimate of drug-likeness (QED) is 0.0297. The SMILES string of the molecule is Cc1cc(CC(=O)O)c(C(C)(C)CC(=O)N(c2nn(C)c3c(-n4c([C@H](Cc5cc(F)cc(F)c5)NC(=O)Cn5nc(C(F)F)c6c5C(F)(F)[C@@H]5C=C[C@H]65)nc5nc(OCCC(C)(F)F)ccc5c4=O)ccc(Cl)c23)S(C)(=O)=O)c(OP(=O)(O)O)c1. The number of halogens is 9. The van der Waals surface area contributed by atoms with Crippen molar-refractivity contribution < 1.29 is 86.6 Å². The minimum atomic E-state index is -5.37. The Hall–Kier alpha value is -7.79. The van der Waals surface area contributed by atoms with E-state index in [1.807, 2.05) is 0 Å². The standard InChI is InChI=1S/C53H49ClF8N9O12PS/c1-24-15-26(20-39(74)75)42(35(16-24)83-84(77,78)79)51(2,3)22-38(73)71(85(6,80)81)49-41-32(54)10-11-34(44(41)68(5)67-49)70-48(65-47-30(50(70)76)8-12-37(64-47)82-14-13-52(4,59)60)33(19-25-17-27(55)21-28(56)18-25)63-36(72)23-69-45-40(43(66-69)46(57)58)29-7-9-31(29)53(45,61)62/h7-12,15-18,21,29,31,33,46H,13-14,19-20,22-23H2,1-6H3,(H,63,72)(H,74,75)(H2,77,78,79)/t29-,31+,33-/m0/s1. The smallest absolute Gasteiger partial charge is 0.481 e. The number of aromatic nitrogens is 7. The zero-order chi connectivity index (χ0) is 62.4. The molecule has 4 N–H and O–H groups in total. The Balaban J connectivity index is 1.23. The largest absolute Gasteiger partial charge is 0.524 e. The molecule has 85 heavy (non-hydrogen) atoms. The number of carbonyl (C=O) groups is 3. The first kappa shape index (κ1) is 61.8. The summed E-state index contributed by atoms with van der Waals surface area (Å²) in [5.41, 5.74) is -6.61. The van der Waals surface area contributed by atoms with Crippen LogP contribution < -0.4 is 24.4 Å². The highest BCUT2D eigenvalue weighted by atomic mass is 35.5. The number of sulfonamides is 1. The van der Waals surface area contributed by atoms with Crippen molar-refractivity contribution in [2.75, 3.05) is 17.2 Å². The van der Waals surface area contributed by atoms with Gasteiger partial charge in [0.2, 0.25) is 33.6 Å². The lowest BCUT2D eigenvalue weighted by atomic mass is 9.77. The van der Waals surface area contributed by atoms with E-state index in [0.717, 1.165) is 45.7 Å². The molecule has 9 rings (SSSR count). The summed E-state index contributed by atoms with van der Waals surface area (Å²) in [7, 11) is -8.99. The van der Waals surface area contributed by atoms with Crippen LogP contribution in [-0.4, -0.2) is 94.0 Å². The highest BCUT2D eigenvalue weighted by molar-refractivity contribution is 7.92. The van der Waals surface area contributed by atoms with Crippen molar-refractivity contribution in [1.82, 2.24) is 39.4 Å². The van der Waals surface area contributed by atoms with Gasteiger partial charge in [-0.2, -0.15) is 28.3 Å². The number of carboxylic acid groups (broad SMARTS) is 1. The number of aliphatic carboxylic acids is 1. The van der Waals surface area contributed by atoms with Gasteiger partial charge in [0.15, 0.2) is 11.5 Å². The van der Waals surface area contributed by atoms with Gasteiger partial charge in [-0.3, -0.25) is 42.9 Å². The van der Waals surface area contributed by atoms with Crippen molar-refractivity contribution in [3.8, 4) is 17.3 Å². The van der Waals surface area contributed by atoms with Gasteiger partial charge in [0, 0.05) is 60.9 Å². The van der Waals surface area contributed by atoms with E-state index in [2.05, 4.69) is 25.5 Å². The molecule has 32 heteroatoms. The summed E-state index contributed by atoms with van der Waals surface area (Å²) in [4.78, 5) is 85.4. The second kappa shape index (κ2) is 22.2. The van der Waals surface area contributed by atoms with Crippen LogP contribution >= 0.6 is 19.4 Å². The number of amides is 2. The van der Waals surface area contributed by atoms with Crippen molar-refractivity contribution >= 4 is 75.0 Å². The predicted octanol–water partition coefficient (Wildman–Crippen LogP) is 8.70. The number of nitrogens with zero attached hydrogens (tertiary/aromatic N) is 8. The molecule has 3 atom stereocenters. The summed E-state index contributed by atoms with van der Waals surface area (Å²) in [6.45, 7) is 3.00. The minimum absolute atomic E-state index is 0.0606. The first-order valence-corrected chi connectivity index (χ1v) is 29.1. The number of benzene rings is 3. The fourth-order valence-electron chi connectivity index (χ4n) is 10.8. The lowest BCUT2D eigenvalue weighted by molar-refractivity contribution is -0.136. The fourth-order valence-corrected chi connectivity index (χ4v) is 12.3. The normalized spacial score (nSPS) is 16.1. The number of hydrogen-bond acceptors (Lipinski definition) is 13. The second-order valence-corrected chi connectivity index (χ2v) is 24.6. The van der Waals surface area contributed by atoms with E-state index in [1.54, 1.807) is 0 Å². The number of carbonyl (C=O) groups excluding carboxylic acids is 2. The third kappa shape index (κ3) is 12.4. The zero-order valence-corrected chi connectivity index (χ0v) is 47.7. The summed E-state index contributed by atoms with van der Waals surface area (Å²) < 4.78 is 172. The van der Waals surface area contributed by atoms with Crippen molar-refractivity contribution in [1.29, 1.82) is 0 Å². The molecule has 0 saturated carbocycles. The van der Waals surface area contributed by atoms with Gasteiger partial charge in [-0.15, -0.1) is 0 Å². The summed E-state index contributed by atoms with van der Waals surface area (Å²) in [6.07, 6.45) is -3.48. The first-order chi connectivity index (χ1) is 39.4. The number of rotatable bonds is 21. The molecule has 4 aromatic heterocycles. The molecule has 0 unspecified atom stereocenters. The summed E-state index contributed by atoms with van der Waals surface area (Å²) in [5.74, 6) is -18.1. The Morgan fingerprint density at radius 1 is 0.988 bits per heavy atom. The van der Waals surface area contributed by atoms with E-state index in [1.165, 1.54) is 52.1 Å². The number of carboxylic acids is 1. The highest BCUT2D eigenvalue weighted by Crippen LogP contribution is 2.60. The number of aryl methyl sites for hydroxylation is 2. The Morgan fingerprint density at radius 3 is 2.27 bits per heavy atom. The molecule has 452 valence electrons. The van der Waals surface area contributed by atoms with E-state index in [0.29, 0.717) is 29.5 Å². The third-order valence-corrected chi connectivity index (χ3v) is 15.9. The Kier molecular flexibility index (Phi) is 16.2. The molecule has 7 aromatic rings. The number of ether oxygens (including phenoxy) is 1. The summed E-state index contributed by atoms with van der Waals surface area (Å²) in [5, 5.41) is 19.4. The molecule has 2 aliphatic carbocycles. The van der Waals surface area contributed by atoms with Crippen molar-refractivity contribution in [3.63, 3.8) is 0 Å². The number of fused-ring (bicyclic) bond motifs is 5. The van der Waals surface area contributed by atoms with Gasteiger partial charge in [0.1, 0.15) is 41.1 Å². The van der Waals surface area contributed by atoms with Crippen LogP contribution in [0, 0.1) is 24.5 Å². The van der Waals surface area contributed by atoms with E-state index in [9.17, 15) is 59.8 Å². The molecule has 0 radical (unpaired) electrons. The van der Waals surface area contributed by atoms with Crippen LogP contribution in [0.25, 0.3) is 27.6 Å². The van der Waals surface area contributed by atoms with Crippen LogP contribution in [0.1, 0.15) is 97.0 Å². The number of pyridine rings is 1. The monoisotopic (exact) mass is 1250 g/mol. The molecule has 3 aromatic carbocycles. The number of phosphoric ester groups is 1. The Bertz CT molecular complexity index is 4170. The second-order valence-electron chi connectivity index (χ2n) is 21.2. The number of phosphoric acid groups is 1. The zero-order valence-electron chi connectivity index (χ0n) is 45.3. The number of nitrogens with one attached hydrogen (secondary N) is 1. The molecule has 2 aliphatic rings. The number of hydrogen-bond donors (Lipinski definition) is 4. The lowest BCUT2D eigenvalue weighted by Crippen LogP contribution is -2.40. The van der Waals surface area contributed by atoms with Gasteiger partial charge in [0.05, 0.1) is 58.2 Å². The van der Waals surface area contributed by atoms with E-state index >= 15 is 22.4 Å². The lowest BCUT2D eigenvalue weighted by Gasteiger charge is -2.31. The maximum absolute atomic E-state index is 16.0. The Labute approximate surface area is 481 Å². The summed E-state index contributed by atoms with van der Waals surface area (Å²) in [6, 6.07) is 7.45. The molecule has 0 fully saturated rings. The van der Waals surface area contributed by atoms with E-state index in [4.69, 9.17) is 20.9 Å². The molecule has 2 amide bonds. The average molecular weight is 1250 g/mol. The highest BCUT2D eigenvalue weighted by Gasteiger charge is 2.60. The minimum Gasteiger partial charge on any atom is -0.481 e. The molecule has 4 heterocycles. The van der Waals surface area contributed by atoms with Crippen LogP contribution in [0.3, 0.4) is 0 Å². The first-order valence-electron chi connectivity index (χ1n) is 25.4. The molecule has 0 saturated heterocycles. The predicted molar refractivity (Wildman–Crippen MR) is 288 cm³/mol. The summed E-state index contributed by atoms with van der Waals surface area (Å²) >= 11 is 6.89. The maximum atomic E-state index is 16.0. The van der Waals surface area contributed by atoms with Gasteiger partial charge >= 0.3 is 13.8 Å². The van der Waals surface area contributed by atoms with Gasteiger partial charge in [-0.25, -0.2) is 44.3 Å². The molecule has 0 aliphatic heterocycles. The van der Waals surface area contributed by atoms with Gasteiger partial charge in [0.25, 0.3) is 17.9 Å². The fraction of sp³-hybridized carbons (Fsp3) is 0.358. The third-order valence-electron chi connectivity index (χ3n) is 14.1. The van der Waals surface area contributed by atoms with Crippen molar-refractivity contribution in [3.05, 3.63) is 139 Å². The Morgan fingerprint density at radius 2 is 1.67 bits per heavy atom. The molecule has 0 spiro atoms. The van der Waals surface area contributed by atoms with Crippen LogP contribution in [0.5, 0.6) is 11.6 Å². The van der Waals surface area contributed by atoms with Crippen LogP contribution in [-0.2, 0) is 66.7 Å². The van der Waals surface area contributed by atoms with Crippen molar-refractivity contribution in [2.45, 2.75) is 95.6 Å².